The van der Waals surface area contributed by atoms with Crippen molar-refractivity contribution in [3.63, 3.8) is 0 Å². The molecular formula is C23H26N2O2S. The molecule has 1 atom stereocenters. The number of hydrogen-bond donors (Lipinski definition) is 1. The summed E-state index contributed by atoms with van der Waals surface area (Å²) in [7, 11) is 5.70. The Morgan fingerprint density at radius 3 is 2.43 bits per heavy atom. The number of likely N-dealkylation sites (N-methyl/N-ethyl adjacent to an activating group) is 1. The SMILES string of the molecule is COc1ccc(C(CNC(=O)CSc2ccc3ccccc3c2)N(C)C)cc1. The van der Waals surface area contributed by atoms with Crippen LogP contribution in [0.1, 0.15) is 11.6 Å². The van der Waals surface area contributed by atoms with Crippen LogP contribution >= 0.6 is 11.8 Å². The lowest BCUT2D eigenvalue weighted by Gasteiger charge is -2.25. The lowest BCUT2D eigenvalue weighted by Crippen LogP contribution is -2.35. The lowest BCUT2D eigenvalue weighted by atomic mass is 10.1. The standard InChI is InChI=1S/C23H26N2O2S/c1-25(2)22(18-8-11-20(27-3)12-9-18)15-24-23(26)16-28-21-13-10-17-6-4-5-7-19(17)14-21/h4-14,22H,15-16H2,1-3H3,(H,24,26). The van der Waals surface area contributed by atoms with Gasteiger partial charge >= 0.3 is 0 Å². The Kier molecular flexibility index (Phi) is 6.95. The quantitative estimate of drug-likeness (QED) is 0.577. The first kappa shape index (κ1) is 20.2. The molecule has 5 heteroatoms. The molecule has 0 spiro atoms. The minimum atomic E-state index is 0.0403. The van der Waals surface area contributed by atoms with Gasteiger partial charge in [0, 0.05) is 11.4 Å². The fourth-order valence-electron chi connectivity index (χ4n) is 3.09. The number of ether oxygens (including phenoxy) is 1. The summed E-state index contributed by atoms with van der Waals surface area (Å²) in [4.78, 5) is 15.6. The molecule has 1 unspecified atom stereocenters. The van der Waals surface area contributed by atoms with E-state index in [0.29, 0.717) is 12.3 Å². The Balaban J connectivity index is 1.55. The summed E-state index contributed by atoms with van der Waals surface area (Å²) in [5, 5.41) is 5.47. The molecular weight excluding hydrogens is 368 g/mol. The molecule has 1 amide bonds. The zero-order valence-corrected chi connectivity index (χ0v) is 17.3. The molecule has 0 bridgehead atoms. The summed E-state index contributed by atoms with van der Waals surface area (Å²) >= 11 is 1.56. The summed E-state index contributed by atoms with van der Waals surface area (Å²) < 4.78 is 5.22. The molecule has 0 aliphatic heterocycles. The van der Waals surface area contributed by atoms with Crippen LogP contribution in [0.2, 0.25) is 0 Å². The van der Waals surface area contributed by atoms with E-state index in [1.54, 1.807) is 18.9 Å². The predicted octanol–water partition coefficient (Wildman–Crippen LogP) is 4.36. The van der Waals surface area contributed by atoms with Crippen molar-refractivity contribution in [2.45, 2.75) is 10.9 Å². The first-order chi connectivity index (χ1) is 13.6. The number of nitrogens with one attached hydrogen (secondary N) is 1. The van der Waals surface area contributed by atoms with Crippen molar-refractivity contribution < 1.29 is 9.53 Å². The van der Waals surface area contributed by atoms with E-state index in [1.165, 1.54) is 10.8 Å². The minimum absolute atomic E-state index is 0.0403. The maximum atomic E-state index is 12.4. The smallest absolute Gasteiger partial charge is 0.230 e. The summed E-state index contributed by atoms with van der Waals surface area (Å²) in [6.45, 7) is 0.566. The zero-order valence-electron chi connectivity index (χ0n) is 16.5. The highest BCUT2D eigenvalue weighted by molar-refractivity contribution is 8.00. The highest BCUT2D eigenvalue weighted by Crippen LogP contribution is 2.24. The number of carbonyl (C=O) groups is 1. The molecule has 0 fully saturated rings. The molecule has 0 saturated carbocycles. The Hall–Kier alpha value is -2.50. The normalized spacial score (nSPS) is 12.1. The summed E-state index contributed by atoms with van der Waals surface area (Å²) in [6.07, 6.45) is 0. The average Bonchev–Trinajstić information content (AvgIpc) is 2.72. The number of hydrogen-bond acceptors (Lipinski definition) is 4. The second kappa shape index (κ2) is 9.62. The Labute approximate surface area is 170 Å². The Morgan fingerprint density at radius 2 is 1.75 bits per heavy atom. The highest BCUT2D eigenvalue weighted by atomic mass is 32.2. The van der Waals surface area contributed by atoms with E-state index in [0.717, 1.165) is 16.2 Å². The summed E-state index contributed by atoms with van der Waals surface area (Å²) in [5.41, 5.74) is 1.15. The molecule has 0 heterocycles. The van der Waals surface area contributed by atoms with Crippen molar-refractivity contribution >= 4 is 28.4 Å². The number of nitrogens with zero attached hydrogens (tertiary/aromatic N) is 1. The van der Waals surface area contributed by atoms with Gasteiger partial charge in [-0.1, -0.05) is 42.5 Å². The van der Waals surface area contributed by atoms with Crippen LogP contribution in [0.5, 0.6) is 5.75 Å². The highest BCUT2D eigenvalue weighted by Gasteiger charge is 2.15. The number of benzene rings is 3. The fraction of sp³-hybridized carbons (Fsp3) is 0.261. The van der Waals surface area contributed by atoms with Crippen molar-refractivity contribution in [2.24, 2.45) is 0 Å². The van der Waals surface area contributed by atoms with E-state index in [2.05, 4.69) is 40.5 Å². The van der Waals surface area contributed by atoms with Crippen molar-refractivity contribution in [1.29, 1.82) is 0 Å². The van der Waals surface area contributed by atoms with Crippen LogP contribution in [0, 0.1) is 0 Å². The van der Waals surface area contributed by atoms with Gasteiger partial charge in [0.15, 0.2) is 0 Å². The number of methoxy groups -OCH3 is 1. The van der Waals surface area contributed by atoms with Gasteiger partial charge in [-0.05, 0) is 54.7 Å². The lowest BCUT2D eigenvalue weighted by molar-refractivity contribution is -0.118. The maximum absolute atomic E-state index is 12.4. The van der Waals surface area contributed by atoms with Crippen LogP contribution in [0.4, 0.5) is 0 Å². The zero-order chi connectivity index (χ0) is 19.9. The number of amides is 1. The van der Waals surface area contributed by atoms with Crippen LogP contribution in [0.25, 0.3) is 10.8 Å². The van der Waals surface area contributed by atoms with Crippen LogP contribution < -0.4 is 10.1 Å². The van der Waals surface area contributed by atoms with Gasteiger partial charge in [0.1, 0.15) is 5.75 Å². The van der Waals surface area contributed by atoms with Gasteiger partial charge < -0.3 is 15.0 Å². The van der Waals surface area contributed by atoms with Crippen LogP contribution in [-0.4, -0.2) is 44.3 Å². The monoisotopic (exact) mass is 394 g/mol. The van der Waals surface area contributed by atoms with E-state index in [4.69, 9.17) is 4.74 Å². The molecule has 3 rings (SSSR count). The molecule has 28 heavy (non-hydrogen) atoms. The topological polar surface area (TPSA) is 41.6 Å². The van der Waals surface area contributed by atoms with Crippen molar-refractivity contribution in [1.82, 2.24) is 10.2 Å². The molecule has 146 valence electrons. The van der Waals surface area contributed by atoms with Crippen molar-refractivity contribution in [3.8, 4) is 5.75 Å². The maximum Gasteiger partial charge on any atom is 0.230 e. The third-order valence-corrected chi connectivity index (χ3v) is 5.70. The number of thioether (sulfide) groups is 1. The molecule has 3 aromatic carbocycles. The van der Waals surface area contributed by atoms with E-state index in [9.17, 15) is 4.79 Å². The molecule has 1 N–H and O–H groups in total. The fourth-order valence-corrected chi connectivity index (χ4v) is 3.87. The van der Waals surface area contributed by atoms with Crippen molar-refractivity contribution in [2.75, 3.05) is 33.5 Å². The van der Waals surface area contributed by atoms with Crippen LogP contribution in [-0.2, 0) is 4.79 Å². The molecule has 0 radical (unpaired) electrons. The first-order valence-electron chi connectivity index (χ1n) is 9.25. The van der Waals surface area contributed by atoms with Crippen LogP contribution in [0.3, 0.4) is 0 Å². The Bertz CT molecular complexity index is 925. The van der Waals surface area contributed by atoms with Crippen LogP contribution in [0.15, 0.2) is 71.6 Å². The minimum Gasteiger partial charge on any atom is -0.497 e. The van der Waals surface area contributed by atoms with Gasteiger partial charge in [-0.15, -0.1) is 11.8 Å². The van der Waals surface area contributed by atoms with E-state index in [1.807, 2.05) is 50.5 Å². The largest absolute Gasteiger partial charge is 0.497 e. The molecule has 0 aliphatic carbocycles. The molecule has 3 aromatic rings. The van der Waals surface area contributed by atoms with Gasteiger partial charge in [0.25, 0.3) is 0 Å². The predicted molar refractivity (Wildman–Crippen MR) is 117 cm³/mol. The second-order valence-corrected chi connectivity index (χ2v) is 7.90. The van der Waals surface area contributed by atoms with E-state index in [-0.39, 0.29) is 11.9 Å². The molecule has 4 nitrogen and oxygen atoms in total. The first-order valence-corrected chi connectivity index (χ1v) is 10.2. The van der Waals surface area contributed by atoms with Gasteiger partial charge in [0.2, 0.25) is 5.91 Å². The molecule has 0 aromatic heterocycles. The van der Waals surface area contributed by atoms with E-state index >= 15 is 0 Å². The third-order valence-electron chi connectivity index (χ3n) is 4.71. The number of carbonyl (C=O) groups excluding carboxylic acids is 1. The van der Waals surface area contributed by atoms with Gasteiger partial charge in [-0.2, -0.15) is 0 Å². The second-order valence-electron chi connectivity index (χ2n) is 6.85. The third kappa shape index (κ3) is 5.27. The molecule has 0 saturated heterocycles. The Morgan fingerprint density at radius 1 is 1.04 bits per heavy atom. The van der Waals surface area contributed by atoms with Gasteiger partial charge in [-0.25, -0.2) is 0 Å². The van der Waals surface area contributed by atoms with Crippen molar-refractivity contribution in [3.05, 3.63) is 72.3 Å². The summed E-state index contributed by atoms with van der Waals surface area (Å²) in [6, 6.07) is 22.6. The summed E-state index contributed by atoms with van der Waals surface area (Å²) in [5.74, 6) is 1.27. The average molecular weight is 395 g/mol. The number of fused-ring (bicyclic) bond motifs is 1. The number of rotatable bonds is 8. The van der Waals surface area contributed by atoms with E-state index < -0.39 is 0 Å². The van der Waals surface area contributed by atoms with Gasteiger partial charge in [0.05, 0.1) is 18.9 Å². The van der Waals surface area contributed by atoms with Gasteiger partial charge in [-0.3, -0.25) is 4.79 Å². The molecule has 0 aliphatic rings.